The second kappa shape index (κ2) is 17.8. The molecule has 2 saturated heterocycles. The van der Waals surface area contributed by atoms with Crippen molar-refractivity contribution >= 4 is 24.1 Å². The Balaban J connectivity index is 1.53. The number of carbonyl (C=O) groups is 3. The van der Waals surface area contributed by atoms with E-state index < -0.39 is 36.5 Å². The summed E-state index contributed by atoms with van der Waals surface area (Å²) in [5.74, 6) is -0.596. The van der Waals surface area contributed by atoms with E-state index in [4.69, 9.17) is 23.4 Å². The van der Waals surface area contributed by atoms with Gasteiger partial charge in [-0.2, -0.15) is 0 Å². The van der Waals surface area contributed by atoms with Crippen molar-refractivity contribution < 1.29 is 47.6 Å². The Hall–Kier alpha value is -3.22. The van der Waals surface area contributed by atoms with E-state index in [0.29, 0.717) is 50.1 Å². The molecule has 0 radical (unpaired) electrons. The van der Waals surface area contributed by atoms with Crippen molar-refractivity contribution in [3.8, 4) is 0 Å². The summed E-state index contributed by atoms with van der Waals surface area (Å²) in [5, 5.41) is 13.7. The number of nitrogens with one attached hydrogen (secondary N) is 1. The standard InChI is InChI=1S/C31H46N2O10/c1-5-9-22-15-23(38-3)14-20(2)30(36)26-17-24(16-25(41-26)18-29(35)42-22)43-28(34)12-7-6-10-21-19-40-27(33-21)11-8-13-32-31(37)39-4/h7-8,11-12,19-20,22-26,30,36H,5-6,9-10,13-18H2,1-4H3,(H,32,37)/b11-8-,12-7-/t20-,22-,23-,24-,25+,26-,30+/m0/s1. The van der Waals surface area contributed by atoms with Gasteiger partial charge in [0.1, 0.15) is 18.5 Å². The van der Waals surface area contributed by atoms with Gasteiger partial charge in [0.2, 0.25) is 5.89 Å². The number of methoxy groups -OCH3 is 2. The lowest BCUT2D eigenvalue weighted by Gasteiger charge is -2.39. The van der Waals surface area contributed by atoms with Gasteiger partial charge in [-0.1, -0.05) is 32.4 Å². The van der Waals surface area contributed by atoms with Crippen LogP contribution < -0.4 is 5.32 Å². The number of aromatic nitrogens is 1. The lowest BCUT2D eigenvalue weighted by atomic mass is 9.86. The van der Waals surface area contributed by atoms with Crippen molar-refractivity contribution in [1.82, 2.24) is 10.3 Å². The molecule has 0 aromatic carbocycles. The fraction of sp³-hybridized carbons (Fsp3) is 0.677. The van der Waals surface area contributed by atoms with Crippen LogP contribution in [-0.2, 0) is 39.7 Å². The summed E-state index contributed by atoms with van der Waals surface area (Å²) in [6, 6.07) is 0. The van der Waals surface area contributed by atoms with Gasteiger partial charge in [0.05, 0.1) is 43.6 Å². The Bertz CT molecular complexity index is 1090. The van der Waals surface area contributed by atoms with Crippen molar-refractivity contribution in [1.29, 1.82) is 0 Å². The third-order valence-electron chi connectivity index (χ3n) is 7.63. The molecule has 240 valence electrons. The van der Waals surface area contributed by atoms with Crippen molar-refractivity contribution in [2.75, 3.05) is 20.8 Å². The van der Waals surface area contributed by atoms with Crippen LogP contribution in [0.15, 0.2) is 28.9 Å². The van der Waals surface area contributed by atoms with Gasteiger partial charge in [-0.25, -0.2) is 14.6 Å². The highest BCUT2D eigenvalue weighted by Crippen LogP contribution is 2.32. The molecule has 0 aliphatic carbocycles. The van der Waals surface area contributed by atoms with Crippen LogP contribution in [-0.4, -0.2) is 85.5 Å². The molecule has 1 aromatic rings. The van der Waals surface area contributed by atoms with Gasteiger partial charge in [0, 0.05) is 39.0 Å². The highest BCUT2D eigenvalue weighted by molar-refractivity contribution is 5.82. The molecule has 2 aliphatic heterocycles. The molecular formula is C31H46N2O10. The lowest BCUT2D eigenvalue weighted by molar-refractivity contribution is -0.182. The molecule has 43 heavy (non-hydrogen) atoms. The van der Waals surface area contributed by atoms with E-state index in [1.54, 1.807) is 25.3 Å². The minimum atomic E-state index is -0.802. The molecule has 2 bridgehead atoms. The molecule has 12 nitrogen and oxygen atoms in total. The number of hydrogen-bond acceptors (Lipinski definition) is 11. The van der Waals surface area contributed by atoms with Gasteiger partial charge in [-0.15, -0.1) is 0 Å². The Morgan fingerprint density at radius 1 is 1.16 bits per heavy atom. The van der Waals surface area contributed by atoms with Gasteiger partial charge in [-0.05, 0) is 37.7 Å². The summed E-state index contributed by atoms with van der Waals surface area (Å²) >= 11 is 0. The van der Waals surface area contributed by atoms with Crippen LogP contribution >= 0.6 is 0 Å². The first-order valence-electron chi connectivity index (χ1n) is 15.1. The molecule has 2 aliphatic rings. The molecule has 3 heterocycles. The van der Waals surface area contributed by atoms with E-state index in [1.165, 1.54) is 19.4 Å². The van der Waals surface area contributed by atoms with Gasteiger partial charge >= 0.3 is 18.0 Å². The molecule has 12 heteroatoms. The zero-order chi connectivity index (χ0) is 31.2. The average molecular weight is 607 g/mol. The Kier molecular flexibility index (Phi) is 14.2. The zero-order valence-electron chi connectivity index (χ0n) is 25.6. The van der Waals surface area contributed by atoms with Crippen LogP contribution in [0.4, 0.5) is 4.79 Å². The minimum Gasteiger partial charge on any atom is -0.462 e. The number of cyclic esters (lactones) is 1. The summed E-state index contributed by atoms with van der Waals surface area (Å²) in [7, 11) is 2.92. The molecular weight excluding hydrogens is 560 g/mol. The van der Waals surface area contributed by atoms with Crippen LogP contribution in [0.5, 0.6) is 0 Å². The first-order valence-corrected chi connectivity index (χ1v) is 15.1. The largest absolute Gasteiger partial charge is 0.462 e. The van der Waals surface area contributed by atoms with Crippen molar-refractivity contribution in [3.63, 3.8) is 0 Å². The van der Waals surface area contributed by atoms with Crippen molar-refractivity contribution in [2.24, 2.45) is 5.92 Å². The van der Waals surface area contributed by atoms with Gasteiger partial charge in [-0.3, -0.25) is 4.79 Å². The molecule has 3 rings (SSSR count). The first-order chi connectivity index (χ1) is 20.7. The van der Waals surface area contributed by atoms with E-state index >= 15 is 0 Å². The number of carbonyl (C=O) groups excluding carboxylic acids is 3. The fourth-order valence-corrected chi connectivity index (χ4v) is 5.43. The molecule has 2 N–H and O–H groups in total. The number of allylic oxidation sites excluding steroid dienone is 1. The normalized spacial score (nSPS) is 28.6. The smallest absolute Gasteiger partial charge is 0.407 e. The van der Waals surface area contributed by atoms with E-state index in [9.17, 15) is 19.5 Å². The summed E-state index contributed by atoms with van der Waals surface area (Å²) in [6.45, 7) is 4.27. The van der Waals surface area contributed by atoms with Crippen LogP contribution in [0.1, 0.15) is 76.8 Å². The molecule has 0 spiro atoms. The number of rotatable bonds is 11. The van der Waals surface area contributed by atoms with Crippen LogP contribution in [0.3, 0.4) is 0 Å². The number of aliphatic hydroxyl groups excluding tert-OH is 1. The quantitative estimate of drug-likeness (QED) is 0.214. The topological polar surface area (TPSA) is 156 Å². The SMILES string of the molecule is CCC[C@H]1C[C@@H](OC)C[C@H](C)[C@@H](O)[C@@H]2C[C@@H](OC(=O)/C=C\CCc3coc(/C=C\CNC(=O)OC)n3)C[C@H](CC(=O)O1)O2. The molecule has 7 atom stereocenters. The highest BCUT2D eigenvalue weighted by atomic mass is 16.6. The Morgan fingerprint density at radius 2 is 1.98 bits per heavy atom. The maximum Gasteiger partial charge on any atom is 0.407 e. The van der Waals surface area contributed by atoms with Crippen LogP contribution in [0.2, 0.25) is 0 Å². The predicted molar refractivity (Wildman–Crippen MR) is 156 cm³/mol. The number of fused-ring (bicyclic) bond motifs is 2. The number of ether oxygens (including phenoxy) is 5. The first kappa shape index (κ1) is 34.3. The number of alkyl carbamates (subject to hydrolysis) is 1. The molecule has 2 fully saturated rings. The Labute approximate surface area is 253 Å². The summed E-state index contributed by atoms with van der Waals surface area (Å²) < 4.78 is 33.2. The minimum absolute atomic E-state index is 0.0238. The number of nitrogens with zero attached hydrogens (tertiary/aromatic N) is 1. The van der Waals surface area contributed by atoms with E-state index in [1.807, 2.05) is 13.8 Å². The molecule has 1 amide bonds. The number of aliphatic hydroxyl groups is 1. The van der Waals surface area contributed by atoms with Gasteiger partial charge < -0.3 is 38.5 Å². The van der Waals surface area contributed by atoms with Crippen LogP contribution in [0.25, 0.3) is 6.08 Å². The molecule has 0 saturated carbocycles. The zero-order valence-corrected chi connectivity index (χ0v) is 25.6. The summed E-state index contributed by atoms with van der Waals surface area (Å²) in [5.41, 5.74) is 0.716. The molecule has 0 unspecified atom stereocenters. The second-order valence-corrected chi connectivity index (χ2v) is 11.1. The van der Waals surface area contributed by atoms with Crippen LogP contribution in [0, 0.1) is 5.92 Å². The lowest BCUT2D eigenvalue weighted by Crippen LogP contribution is -2.47. The van der Waals surface area contributed by atoms with Crippen molar-refractivity contribution in [2.45, 2.75) is 108 Å². The Morgan fingerprint density at radius 3 is 2.72 bits per heavy atom. The number of hydrogen-bond donors (Lipinski definition) is 2. The van der Waals surface area contributed by atoms with Crippen molar-refractivity contribution in [3.05, 3.63) is 36.1 Å². The summed E-state index contributed by atoms with van der Waals surface area (Å²) in [4.78, 5) is 40.8. The number of aryl methyl sites for hydroxylation is 1. The predicted octanol–water partition coefficient (Wildman–Crippen LogP) is 3.90. The average Bonchev–Trinajstić information content (AvgIpc) is 3.43. The highest BCUT2D eigenvalue weighted by Gasteiger charge is 2.39. The van der Waals surface area contributed by atoms with E-state index in [0.717, 1.165) is 12.8 Å². The second-order valence-electron chi connectivity index (χ2n) is 11.1. The van der Waals surface area contributed by atoms with E-state index in [2.05, 4.69) is 15.0 Å². The van der Waals surface area contributed by atoms with E-state index in [-0.39, 0.29) is 37.1 Å². The number of esters is 2. The molecule has 1 aromatic heterocycles. The maximum absolute atomic E-state index is 12.8. The number of oxazole rings is 1. The van der Waals surface area contributed by atoms with Gasteiger partial charge in [0.25, 0.3) is 0 Å². The maximum atomic E-state index is 12.8. The number of amides is 1. The monoisotopic (exact) mass is 606 g/mol. The fourth-order valence-electron chi connectivity index (χ4n) is 5.43. The summed E-state index contributed by atoms with van der Waals surface area (Å²) in [6.07, 6.45) is 9.13. The third kappa shape index (κ3) is 11.8. The third-order valence-corrected chi connectivity index (χ3v) is 7.63. The van der Waals surface area contributed by atoms with Gasteiger partial charge in [0.15, 0.2) is 0 Å².